The van der Waals surface area contributed by atoms with Crippen LogP contribution in [0.3, 0.4) is 0 Å². The minimum atomic E-state index is -1.19. The third-order valence-electron chi connectivity index (χ3n) is 4.90. The summed E-state index contributed by atoms with van der Waals surface area (Å²) >= 11 is 12.1. The van der Waals surface area contributed by atoms with Gasteiger partial charge < -0.3 is 10.0 Å². The molecular formula is C21H14Cl2N2O4. The Bertz CT molecular complexity index is 1130. The third kappa shape index (κ3) is 3.46. The van der Waals surface area contributed by atoms with Crippen LogP contribution >= 0.6 is 23.2 Å². The van der Waals surface area contributed by atoms with E-state index in [0.717, 1.165) is 0 Å². The Labute approximate surface area is 176 Å². The Morgan fingerprint density at radius 2 is 1.76 bits per heavy atom. The van der Waals surface area contributed by atoms with Crippen molar-refractivity contribution in [3.63, 3.8) is 0 Å². The smallest absolute Gasteiger partial charge is 0.270 e. The minimum absolute atomic E-state index is 0.0565. The first-order valence-electron chi connectivity index (χ1n) is 8.67. The summed E-state index contributed by atoms with van der Waals surface area (Å²) in [4.78, 5) is 24.9. The molecule has 1 aliphatic rings. The SMILES string of the molecule is O=C1c2cccc(Cl)c2C(O)N1Cc1ccc([N+](=O)[O-])cc1-c1ccc(Cl)cc1. The highest BCUT2D eigenvalue weighted by molar-refractivity contribution is 6.32. The second-order valence-corrected chi connectivity index (χ2v) is 7.46. The molecule has 0 radical (unpaired) electrons. The molecule has 1 heterocycles. The Kier molecular flexibility index (Phi) is 5.00. The van der Waals surface area contributed by atoms with Gasteiger partial charge in [0.2, 0.25) is 0 Å². The highest BCUT2D eigenvalue weighted by Crippen LogP contribution is 2.39. The van der Waals surface area contributed by atoms with Crippen molar-refractivity contribution >= 4 is 34.8 Å². The maximum absolute atomic E-state index is 12.8. The topological polar surface area (TPSA) is 83.7 Å². The van der Waals surface area contributed by atoms with Crippen LogP contribution in [0, 0.1) is 10.1 Å². The van der Waals surface area contributed by atoms with E-state index < -0.39 is 11.2 Å². The number of carbonyl (C=O) groups is 1. The highest BCUT2D eigenvalue weighted by Gasteiger charge is 2.37. The number of amides is 1. The third-order valence-corrected chi connectivity index (χ3v) is 5.48. The van der Waals surface area contributed by atoms with E-state index in [1.807, 2.05) is 0 Å². The molecule has 3 aromatic carbocycles. The Morgan fingerprint density at radius 3 is 2.41 bits per heavy atom. The molecule has 0 aromatic heterocycles. The molecule has 0 saturated carbocycles. The van der Waals surface area contributed by atoms with Crippen LogP contribution in [0.1, 0.15) is 27.7 Å². The highest BCUT2D eigenvalue weighted by atomic mass is 35.5. The second kappa shape index (κ2) is 7.48. The summed E-state index contributed by atoms with van der Waals surface area (Å²) in [5.41, 5.74) is 2.59. The minimum Gasteiger partial charge on any atom is -0.369 e. The fourth-order valence-corrected chi connectivity index (χ4v) is 3.86. The van der Waals surface area contributed by atoms with Crippen molar-refractivity contribution in [2.45, 2.75) is 12.8 Å². The molecule has 1 amide bonds. The van der Waals surface area contributed by atoms with Gasteiger partial charge in [-0.05, 0) is 47.0 Å². The summed E-state index contributed by atoms with van der Waals surface area (Å²) in [6.07, 6.45) is -1.19. The lowest BCUT2D eigenvalue weighted by atomic mass is 9.98. The summed E-state index contributed by atoms with van der Waals surface area (Å²) in [5, 5.41) is 22.8. The van der Waals surface area contributed by atoms with E-state index in [2.05, 4.69) is 0 Å². The van der Waals surface area contributed by atoms with E-state index >= 15 is 0 Å². The van der Waals surface area contributed by atoms with Gasteiger partial charge in [-0.25, -0.2) is 0 Å². The van der Waals surface area contributed by atoms with Crippen LogP contribution in [-0.4, -0.2) is 20.8 Å². The van der Waals surface area contributed by atoms with Crippen LogP contribution in [0.15, 0.2) is 60.7 Å². The number of nitro benzene ring substituents is 1. The van der Waals surface area contributed by atoms with Crippen LogP contribution in [0.2, 0.25) is 10.0 Å². The molecule has 0 bridgehead atoms. The van der Waals surface area contributed by atoms with Crippen LogP contribution in [-0.2, 0) is 6.54 Å². The van der Waals surface area contributed by atoms with Crippen molar-refractivity contribution in [3.05, 3.63) is 97.5 Å². The average molecular weight is 429 g/mol. The maximum Gasteiger partial charge on any atom is 0.270 e. The van der Waals surface area contributed by atoms with E-state index in [1.165, 1.54) is 17.0 Å². The number of rotatable bonds is 4. The van der Waals surface area contributed by atoms with Crippen LogP contribution in [0.25, 0.3) is 11.1 Å². The van der Waals surface area contributed by atoms with E-state index in [-0.39, 0.29) is 18.1 Å². The molecule has 29 heavy (non-hydrogen) atoms. The van der Waals surface area contributed by atoms with Gasteiger partial charge in [-0.2, -0.15) is 0 Å². The molecule has 8 heteroatoms. The van der Waals surface area contributed by atoms with Crippen molar-refractivity contribution < 1.29 is 14.8 Å². The molecule has 1 unspecified atom stereocenters. The monoisotopic (exact) mass is 428 g/mol. The number of non-ortho nitro benzene ring substituents is 1. The molecule has 3 aromatic rings. The van der Waals surface area contributed by atoms with Gasteiger partial charge in [0.25, 0.3) is 11.6 Å². The predicted octanol–water partition coefficient (Wildman–Crippen LogP) is 5.22. The largest absolute Gasteiger partial charge is 0.369 e. The number of aliphatic hydroxyl groups is 1. The van der Waals surface area contributed by atoms with Gasteiger partial charge in [0.15, 0.2) is 6.23 Å². The van der Waals surface area contributed by atoms with Crippen molar-refractivity contribution in [1.29, 1.82) is 0 Å². The molecule has 1 N–H and O–H groups in total. The van der Waals surface area contributed by atoms with E-state index in [0.29, 0.717) is 37.9 Å². The summed E-state index contributed by atoms with van der Waals surface area (Å²) < 4.78 is 0. The zero-order valence-electron chi connectivity index (χ0n) is 14.9. The number of halogens is 2. The first kappa shape index (κ1) is 19.4. The molecule has 1 atom stereocenters. The van der Waals surface area contributed by atoms with Gasteiger partial charge in [-0.15, -0.1) is 0 Å². The fourth-order valence-electron chi connectivity index (χ4n) is 3.46. The van der Waals surface area contributed by atoms with Gasteiger partial charge in [0, 0.05) is 39.8 Å². The summed E-state index contributed by atoms with van der Waals surface area (Å²) in [5.74, 6) is -0.351. The number of nitrogens with zero attached hydrogens (tertiary/aromatic N) is 2. The Hall–Kier alpha value is -2.93. The van der Waals surface area contributed by atoms with Crippen molar-refractivity contribution in [2.75, 3.05) is 0 Å². The normalized spacial score (nSPS) is 15.5. The maximum atomic E-state index is 12.8. The lowest BCUT2D eigenvalue weighted by Crippen LogP contribution is -2.27. The number of nitro groups is 1. The van der Waals surface area contributed by atoms with Gasteiger partial charge >= 0.3 is 0 Å². The zero-order chi connectivity index (χ0) is 20.7. The van der Waals surface area contributed by atoms with Crippen LogP contribution < -0.4 is 0 Å². The number of hydrogen-bond acceptors (Lipinski definition) is 4. The summed E-state index contributed by atoms with van der Waals surface area (Å²) in [7, 11) is 0. The Morgan fingerprint density at radius 1 is 1.03 bits per heavy atom. The fraction of sp³-hybridized carbons (Fsp3) is 0.0952. The van der Waals surface area contributed by atoms with E-state index in [4.69, 9.17) is 23.2 Å². The molecule has 4 rings (SSSR count). The molecule has 146 valence electrons. The quantitative estimate of drug-likeness (QED) is 0.456. The predicted molar refractivity (Wildman–Crippen MR) is 110 cm³/mol. The van der Waals surface area contributed by atoms with Gasteiger partial charge in [0.1, 0.15) is 0 Å². The molecule has 0 saturated heterocycles. The number of hydrogen-bond donors (Lipinski definition) is 1. The molecule has 0 fully saturated rings. The van der Waals surface area contributed by atoms with Crippen molar-refractivity contribution in [3.8, 4) is 11.1 Å². The van der Waals surface area contributed by atoms with Gasteiger partial charge in [-0.1, -0.05) is 41.4 Å². The molecule has 0 aliphatic carbocycles. The molecular weight excluding hydrogens is 415 g/mol. The zero-order valence-corrected chi connectivity index (χ0v) is 16.4. The number of aliphatic hydroxyl groups excluding tert-OH is 1. The van der Waals surface area contributed by atoms with Crippen LogP contribution in [0.5, 0.6) is 0 Å². The molecule has 6 nitrogen and oxygen atoms in total. The summed E-state index contributed by atoms with van der Waals surface area (Å²) in [6.45, 7) is 0.0565. The second-order valence-electron chi connectivity index (χ2n) is 6.61. The number of benzene rings is 3. The van der Waals surface area contributed by atoms with E-state index in [1.54, 1.807) is 48.5 Å². The standard InChI is InChI=1S/C21H14Cl2N2O4/c22-14-7-4-12(5-8-14)17-10-15(25(28)29)9-6-13(17)11-24-20(26)16-2-1-3-18(23)19(16)21(24)27/h1-10,21,27H,11H2. The Balaban J connectivity index is 1.76. The van der Waals surface area contributed by atoms with Crippen molar-refractivity contribution in [2.24, 2.45) is 0 Å². The number of fused-ring (bicyclic) bond motifs is 1. The average Bonchev–Trinajstić information content (AvgIpc) is 2.94. The lowest BCUT2D eigenvalue weighted by molar-refractivity contribution is -0.384. The van der Waals surface area contributed by atoms with Crippen molar-refractivity contribution in [1.82, 2.24) is 4.90 Å². The van der Waals surface area contributed by atoms with Gasteiger partial charge in [0.05, 0.1) is 4.92 Å². The number of carbonyl (C=O) groups excluding carboxylic acids is 1. The molecule has 0 spiro atoms. The first-order valence-corrected chi connectivity index (χ1v) is 9.43. The van der Waals surface area contributed by atoms with Gasteiger partial charge in [-0.3, -0.25) is 14.9 Å². The molecule has 1 aliphatic heterocycles. The lowest BCUT2D eigenvalue weighted by Gasteiger charge is -2.22. The van der Waals surface area contributed by atoms with E-state index in [9.17, 15) is 20.0 Å². The van der Waals surface area contributed by atoms with Crippen LogP contribution in [0.4, 0.5) is 5.69 Å². The summed E-state index contributed by atoms with van der Waals surface area (Å²) in [6, 6.07) is 16.2. The first-order chi connectivity index (χ1) is 13.9.